The molecular weight excluding hydrogens is 284 g/mol. The summed E-state index contributed by atoms with van der Waals surface area (Å²) in [5.41, 5.74) is -0.622. The van der Waals surface area contributed by atoms with E-state index in [9.17, 15) is 23.6 Å². The maximum Gasteiger partial charge on any atom is 0.312 e. The van der Waals surface area contributed by atoms with Gasteiger partial charge in [0.05, 0.1) is 9.82 Å². The van der Waals surface area contributed by atoms with Gasteiger partial charge in [-0.05, 0) is 36.8 Å². The molecule has 1 unspecified atom stereocenters. The number of aromatic hydroxyl groups is 1. The highest BCUT2D eigenvalue weighted by Gasteiger charge is 2.29. The summed E-state index contributed by atoms with van der Waals surface area (Å²) in [4.78, 5) is 9.66. The highest BCUT2D eigenvalue weighted by Crippen LogP contribution is 2.36. The van der Waals surface area contributed by atoms with Crippen molar-refractivity contribution < 1.29 is 18.4 Å². The molecule has 2 rings (SSSR count). The first-order chi connectivity index (χ1) is 9.31. The molecule has 110 valence electrons. The van der Waals surface area contributed by atoms with Gasteiger partial charge < -0.3 is 5.11 Å². The number of nitrogens with zero attached hydrogens (tertiary/aromatic N) is 1. The fourth-order valence-electron chi connectivity index (χ4n) is 1.97. The van der Waals surface area contributed by atoms with Gasteiger partial charge >= 0.3 is 5.69 Å². The van der Waals surface area contributed by atoms with Crippen molar-refractivity contribution in [1.82, 2.24) is 4.72 Å². The average Bonchev–Trinajstić information content (AvgIpc) is 3.20. The summed E-state index contributed by atoms with van der Waals surface area (Å²) < 4.78 is 26.6. The Balaban J connectivity index is 2.16. The largest absolute Gasteiger partial charge is 0.502 e. The second-order valence-electron chi connectivity index (χ2n) is 5.07. The first kappa shape index (κ1) is 14.7. The van der Waals surface area contributed by atoms with E-state index in [1.165, 1.54) is 0 Å². The van der Waals surface area contributed by atoms with Gasteiger partial charge in [-0.3, -0.25) is 10.1 Å². The van der Waals surface area contributed by atoms with Crippen molar-refractivity contribution in [1.29, 1.82) is 0 Å². The van der Waals surface area contributed by atoms with Crippen molar-refractivity contribution in [2.45, 2.75) is 24.7 Å². The Kier molecular flexibility index (Phi) is 3.96. The van der Waals surface area contributed by atoms with E-state index in [1.807, 2.05) is 6.92 Å². The number of nitro benzene ring substituents is 1. The Labute approximate surface area is 116 Å². The van der Waals surface area contributed by atoms with Gasteiger partial charge in [-0.25, -0.2) is 13.1 Å². The predicted octanol–water partition coefficient (Wildman–Crippen LogP) is 1.62. The predicted molar refractivity (Wildman–Crippen MR) is 71.8 cm³/mol. The van der Waals surface area contributed by atoms with Crippen LogP contribution in [0.4, 0.5) is 5.69 Å². The van der Waals surface area contributed by atoms with Crippen LogP contribution in [0.5, 0.6) is 5.75 Å². The van der Waals surface area contributed by atoms with E-state index in [0.717, 1.165) is 31.0 Å². The van der Waals surface area contributed by atoms with Gasteiger partial charge in [-0.2, -0.15) is 0 Å². The number of sulfonamides is 1. The lowest BCUT2D eigenvalue weighted by molar-refractivity contribution is -0.386. The number of phenols is 1. The quantitative estimate of drug-likeness (QED) is 0.613. The number of benzene rings is 1. The van der Waals surface area contributed by atoms with Crippen LogP contribution in [0.1, 0.15) is 19.8 Å². The molecule has 1 atom stereocenters. The molecule has 0 bridgehead atoms. The SMILES string of the molecule is CC(CNS(=O)(=O)c1ccc(O)c([N+](=O)[O-])c1)C1CC1. The summed E-state index contributed by atoms with van der Waals surface area (Å²) in [6.45, 7) is 2.28. The van der Waals surface area contributed by atoms with Gasteiger partial charge in [-0.1, -0.05) is 6.92 Å². The number of nitro groups is 1. The van der Waals surface area contributed by atoms with Gasteiger partial charge in [-0.15, -0.1) is 0 Å². The topological polar surface area (TPSA) is 110 Å². The minimum Gasteiger partial charge on any atom is -0.502 e. The molecule has 0 spiro atoms. The van der Waals surface area contributed by atoms with Gasteiger partial charge in [0, 0.05) is 12.6 Å². The van der Waals surface area contributed by atoms with Crippen molar-refractivity contribution in [2.75, 3.05) is 6.54 Å². The molecule has 0 radical (unpaired) electrons. The monoisotopic (exact) mass is 300 g/mol. The normalized spacial score (nSPS) is 16.9. The number of nitrogens with one attached hydrogen (secondary N) is 1. The number of rotatable bonds is 6. The van der Waals surface area contributed by atoms with E-state index in [2.05, 4.69) is 4.72 Å². The number of hydrogen-bond acceptors (Lipinski definition) is 5. The maximum absolute atomic E-state index is 12.1. The van der Waals surface area contributed by atoms with E-state index in [1.54, 1.807) is 0 Å². The molecule has 0 heterocycles. The molecule has 1 fully saturated rings. The minimum absolute atomic E-state index is 0.218. The summed E-state index contributed by atoms with van der Waals surface area (Å²) in [7, 11) is -3.80. The zero-order valence-electron chi connectivity index (χ0n) is 10.9. The molecule has 0 saturated heterocycles. The summed E-state index contributed by atoms with van der Waals surface area (Å²) in [6, 6.07) is 3.02. The van der Waals surface area contributed by atoms with Crippen LogP contribution in [0.15, 0.2) is 23.1 Å². The average molecular weight is 300 g/mol. The third-order valence-corrected chi connectivity index (χ3v) is 4.90. The minimum atomic E-state index is -3.80. The van der Waals surface area contributed by atoms with E-state index in [4.69, 9.17) is 0 Å². The van der Waals surface area contributed by atoms with E-state index in [0.29, 0.717) is 12.5 Å². The lowest BCUT2D eigenvalue weighted by Crippen LogP contribution is -2.29. The summed E-state index contributed by atoms with van der Waals surface area (Å²) in [6.07, 6.45) is 2.24. The highest BCUT2D eigenvalue weighted by atomic mass is 32.2. The van der Waals surface area contributed by atoms with Gasteiger partial charge in [0.1, 0.15) is 0 Å². The fraction of sp³-hybridized carbons (Fsp3) is 0.500. The third kappa shape index (κ3) is 3.26. The number of phenolic OH excluding ortho intramolecular Hbond substituents is 1. The standard InChI is InChI=1S/C12H16N2O5S/c1-8(9-2-3-9)7-13-20(18,19)10-4-5-12(15)11(6-10)14(16)17/h4-6,8-9,13,15H,2-3,7H2,1H3. The maximum atomic E-state index is 12.1. The van der Waals surface area contributed by atoms with Crippen molar-refractivity contribution in [3.63, 3.8) is 0 Å². The molecule has 2 N–H and O–H groups in total. The molecule has 7 nitrogen and oxygen atoms in total. The van der Waals surface area contributed by atoms with E-state index >= 15 is 0 Å². The molecule has 20 heavy (non-hydrogen) atoms. The molecule has 0 aliphatic heterocycles. The second kappa shape index (κ2) is 5.37. The summed E-state index contributed by atoms with van der Waals surface area (Å²) in [5.74, 6) is 0.254. The highest BCUT2D eigenvalue weighted by molar-refractivity contribution is 7.89. The summed E-state index contributed by atoms with van der Waals surface area (Å²) in [5, 5.41) is 20.0. The van der Waals surface area contributed by atoms with Crippen LogP contribution >= 0.6 is 0 Å². The molecule has 0 aromatic heterocycles. The molecule has 1 aliphatic rings. The summed E-state index contributed by atoms with van der Waals surface area (Å²) >= 11 is 0. The molecule has 1 aromatic rings. The zero-order valence-corrected chi connectivity index (χ0v) is 11.8. The van der Waals surface area contributed by atoms with Gasteiger partial charge in [0.15, 0.2) is 5.75 Å². The Morgan fingerprint density at radius 1 is 1.50 bits per heavy atom. The molecule has 1 aliphatic carbocycles. The lowest BCUT2D eigenvalue weighted by atomic mass is 10.1. The van der Waals surface area contributed by atoms with Crippen LogP contribution in [0, 0.1) is 22.0 Å². The molecule has 1 saturated carbocycles. The van der Waals surface area contributed by atoms with Crippen LogP contribution in [0.25, 0.3) is 0 Å². The van der Waals surface area contributed by atoms with Crippen LogP contribution in [-0.2, 0) is 10.0 Å². The van der Waals surface area contributed by atoms with Crippen molar-refractivity contribution in [3.8, 4) is 5.75 Å². The first-order valence-electron chi connectivity index (χ1n) is 6.28. The zero-order chi connectivity index (χ0) is 14.9. The van der Waals surface area contributed by atoms with Gasteiger partial charge in [0.2, 0.25) is 10.0 Å². The first-order valence-corrected chi connectivity index (χ1v) is 7.76. The van der Waals surface area contributed by atoms with Crippen molar-refractivity contribution in [2.24, 2.45) is 11.8 Å². The van der Waals surface area contributed by atoms with Crippen LogP contribution in [0.3, 0.4) is 0 Å². The Hall–Kier alpha value is -1.67. The van der Waals surface area contributed by atoms with Crippen LogP contribution in [-0.4, -0.2) is 25.0 Å². The van der Waals surface area contributed by atoms with Crippen LogP contribution < -0.4 is 4.72 Å². The van der Waals surface area contributed by atoms with Crippen LogP contribution in [0.2, 0.25) is 0 Å². The van der Waals surface area contributed by atoms with Crippen molar-refractivity contribution in [3.05, 3.63) is 28.3 Å². The Morgan fingerprint density at radius 3 is 2.70 bits per heavy atom. The molecule has 0 amide bonds. The van der Waals surface area contributed by atoms with E-state index in [-0.39, 0.29) is 10.8 Å². The molecule has 8 heteroatoms. The Morgan fingerprint density at radius 2 is 2.15 bits per heavy atom. The lowest BCUT2D eigenvalue weighted by Gasteiger charge is -2.12. The van der Waals surface area contributed by atoms with E-state index < -0.39 is 26.4 Å². The second-order valence-corrected chi connectivity index (χ2v) is 6.84. The number of hydrogen-bond donors (Lipinski definition) is 2. The Bertz CT molecular complexity index is 625. The smallest absolute Gasteiger partial charge is 0.312 e. The molecular formula is C12H16N2O5S. The van der Waals surface area contributed by atoms with Crippen molar-refractivity contribution >= 4 is 15.7 Å². The molecule has 1 aromatic carbocycles. The fourth-order valence-corrected chi connectivity index (χ4v) is 3.14. The van der Waals surface area contributed by atoms with Gasteiger partial charge in [0.25, 0.3) is 0 Å². The third-order valence-electron chi connectivity index (χ3n) is 3.48.